The molecule has 0 unspecified atom stereocenters. The lowest BCUT2D eigenvalue weighted by Gasteiger charge is -2.16. The number of hydrogen-bond donors (Lipinski definition) is 2. The summed E-state index contributed by atoms with van der Waals surface area (Å²) in [4.78, 5) is 21.5. The van der Waals surface area contributed by atoms with Crippen LogP contribution in [0.2, 0.25) is 0 Å². The Morgan fingerprint density at radius 2 is 1.96 bits per heavy atom. The van der Waals surface area contributed by atoms with Crippen LogP contribution in [-0.2, 0) is 6.42 Å². The summed E-state index contributed by atoms with van der Waals surface area (Å²) in [5, 5.41) is 13.3. The number of ether oxygens (including phenoxy) is 2. The van der Waals surface area contributed by atoms with Crippen molar-refractivity contribution in [1.29, 1.82) is 0 Å². The molecule has 0 atom stereocenters. The van der Waals surface area contributed by atoms with E-state index in [9.17, 15) is 9.90 Å². The number of aromatic nitrogens is 2. The highest BCUT2D eigenvalue weighted by Crippen LogP contribution is 2.34. The van der Waals surface area contributed by atoms with Crippen LogP contribution >= 0.6 is 11.3 Å². The molecule has 7 nitrogen and oxygen atoms in total. The van der Waals surface area contributed by atoms with Crippen LogP contribution in [0.25, 0.3) is 10.7 Å². The van der Waals surface area contributed by atoms with E-state index in [1.165, 1.54) is 30.6 Å². The van der Waals surface area contributed by atoms with Gasteiger partial charge in [-0.25, -0.2) is 14.8 Å². The van der Waals surface area contributed by atoms with Crippen molar-refractivity contribution in [3.05, 3.63) is 47.2 Å². The summed E-state index contributed by atoms with van der Waals surface area (Å²) in [5.74, 6) is 0.689. The lowest BCUT2D eigenvalue weighted by atomic mass is 10.1. The van der Waals surface area contributed by atoms with Gasteiger partial charge in [0.2, 0.25) is 0 Å². The Kier molecular flexibility index (Phi) is 5.79. The molecule has 0 aliphatic carbocycles. The first-order valence-corrected chi connectivity index (χ1v) is 9.48. The van der Waals surface area contributed by atoms with Gasteiger partial charge in [0.05, 0.1) is 30.3 Å². The molecule has 8 heteroatoms. The van der Waals surface area contributed by atoms with Crippen molar-refractivity contribution in [2.24, 2.45) is 0 Å². The standard InChI is InChI=1S/C20H21N3O4S/c1-5-13-11(2)21-19(16-8-9-17(27-4)28-16)23-18(13)22-14-7-6-12(20(24)25)10-15(14)26-3/h6-10H,5H2,1-4H3,(H,24,25)(H,21,22,23). The van der Waals surface area contributed by atoms with Crippen molar-refractivity contribution in [1.82, 2.24) is 9.97 Å². The summed E-state index contributed by atoms with van der Waals surface area (Å²) in [6.07, 6.45) is 0.748. The summed E-state index contributed by atoms with van der Waals surface area (Å²) < 4.78 is 10.6. The van der Waals surface area contributed by atoms with Crippen molar-refractivity contribution in [2.75, 3.05) is 19.5 Å². The molecule has 3 rings (SSSR count). The predicted octanol–water partition coefficient (Wildman–Crippen LogP) is 4.53. The van der Waals surface area contributed by atoms with Crippen LogP contribution < -0.4 is 14.8 Å². The van der Waals surface area contributed by atoms with E-state index in [2.05, 4.69) is 10.3 Å². The second-order valence-corrected chi connectivity index (χ2v) is 7.03. The third-order valence-electron chi connectivity index (χ3n) is 4.27. The molecule has 2 N–H and O–H groups in total. The monoisotopic (exact) mass is 399 g/mol. The summed E-state index contributed by atoms with van der Waals surface area (Å²) in [6, 6.07) is 8.49. The number of anilines is 2. The fourth-order valence-electron chi connectivity index (χ4n) is 2.84. The van der Waals surface area contributed by atoms with Gasteiger partial charge in [0.25, 0.3) is 0 Å². The van der Waals surface area contributed by atoms with E-state index in [0.717, 1.165) is 27.6 Å². The zero-order valence-electron chi connectivity index (χ0n) is 16.1. The molecule has 0 saturated carbocycles. The molecule has 0 fully saturated rings. The van der Waals surface area contributed by atoms with E-state index in [4.69, 9.17) is 14.5 Å². The normalized spacial score (nSPS) is 10.6. The van der Waals surface area contributed by atoms with Crippen LogP contribution in [0.3, 0.4) is 0 Å². The summed E-state index contributed by atoms with van der Waals surface area (Å²) in [5.41, 5.74) is 2.65. The Morgan fingerprint density at radius 1 is 1.18 bits per heavy atom. The summed E-state index contributed by atoms with van der Waals surface area (Å²) in [7, 11) is 3.13. The number of nitrogens with zero attached hydrogens (tertiary/aromatic N) is 2. The molecule has 2 aromatic heterocycles. The summed E-state index contributed by atoms with van der Waals surface area (Å²) in [6.45, 7) is 3.99. The number of thiophene rings is 1. The first kappa shape index (κ1) is 19.6. The van der Waals surface area contributed by atoms with Gasteiger partial charge in [-0.1, -0.05) is 18.3 Å². The minimum Gasteiger partial charge on any atom is -0.495 e. The van der Waals surface area contributed by atoms with Crippen molar-refractivity contribution < 1.29 is 19.4 Å². The largest absolute Gasteiger partial charge is 0.495 e. The van der Waals surface area contributed by atoms with E-state index in [0.29, 0.717) is 23.1 Å². The van der Waals surface area contributed by atoms with E-state index in [1.807, 2.05) is 26.0 Å². The van der Waals surface area contributed by atoms with Gasteiger partial charge < -0.3 is 19.9 Å². The summed E-state index contributed by atoms with van der Waals surface area (Å²) >= 11 is 1.47. The lowest BCUT2D eigenvalue weighted by Crippen LogP contribution is -2.06. The van der Waals surface area contributed by atoms with Gasteiger partial charge in [0.1, 0.15) is 11.6 Å². The van der Waals surface area contributed by atoms with Gasteiger partial charge in [-0.05, 0) is 43.7 Å². The van der Waals surface area contributed by atoms with Crippen molar-refractivity contribution in [3.63, 3.8) is 0 Å². The van der Waals surface area contributed by atoms with Crippen LogP contribution in [0.5, 0.6) is 10.8 Å². The van der Waals surface area contributed by atoms with E-state index in [-0.39, 0.29) is 5.56 Å². The highest BCUT2D eigenvalue weighted by Gasteiger charge is 2.16. The van der Waals surface area contributed by atoms with Gasteiger partial charge in [0.15, 0.2) is 10.9 Å². The molecular weight excluding hydrogens is 378 g/mol. The molecule has 0 bridgehead atoms. The second-order valence-electron chi connectivity index (χ2n) is 5.98. The van der Waals surface area contributed by atoms with E-state index < -0.39 is 5.97 Å². The minimum atomic E-state index is -1.01. The first-order chi connectivity index (χ1) is 13.5. The minimum absolute atomic E-state index is 0.156. The highest BCUT2D eigenvalue weighted by molar-refractivity contribution is 7.17. The predicted molar refractivity (Wildman–Crippen MR) is 109 cm³/mol. The van der Waals surface area contributed by atoms with Crippen LogP contribution in [0.4, 0.5) is 11.5 Å². The zero-order chi connectivity index (χ0) is 20.3. The third-order valence-corrected chi connectivity index (χ3v) is 5.31. The number of aromatic carboxylic acids is 1. The topological polar surface area (TPSA) is 93.6 Å². The number of aryl methyl sites for hydroxylation is 1. The Morgan fingerprint density at radius 3 is 2.57 bits per heavy atom. The Labute approximate surface area is 167 Å². The lowest BCUT2D eigenvalue weighted by molar-refractivity contribution is 0.0696. The van der Waals surface area contributed by atoms with Crippen molar-refractivity contribution in [3.8, 4) is 21.5 Å². The van der Waals surface area contributed by atoms with Gasteiger partial charge in [-0.3, -0.25) is 0 Å². The van der Waals surface area contributed by atoms with E-state index >= 15 is 0 Å². The number of methoxy groups -OCH3 is 2. The maximum atomic E-state index is 11.2. The number of benzene rings is 1. The molecule has 2 heterocycles. The van der Waals surface area contributed by atoms with Gasteiger partial charge in [-0.2, -0.15) is 0 Å². The number of rotatable bonds is 7. The Hall–Kier alpha value is -3.13. The molecule has 0 aliphatic heterocycles. The molecule has 1 aromatic carbocycles. The zero-order valence-corrected chi connectivity index (χ0v) is 16.9. The molecule has 3 aromatic rings. The van der Waals surface area contributed by atoms with Crippen LogP contribution in [0.1, 0.15) is 28.5 Å². The maximum Gasteiger partial charge on any atom is 0.335 e. The number of nitrogens with one attached hydrogen (secondary N) is 1. The van der Waals surface area contributed by atoms with Gasteiger partial charge >= 0.3 is 5.97 Å². The number of carbonyl (C=O) groups is 1. The SMILES string of the molecule is CCc1c(C)nc(-c2ccc(OC)s2)nc1Nc1ccc(C(=O)O)cc1OC. The number of hydrogen-bond acceptors (Lipinski definition) is 7. The molecule has 0 aliphatic rings. The van der Waals surface area contributed by atoms with Gasteiger partial charge in [-0.15, -0.1) is 0 Å². The molecular formula is C20H21N3O4S. The molecule has 0 spiro atoms. The Bertz CT molecular complexity index is 1020. The third kappa shape index (κ3) is 3.91. The van der Waals surface area contributed by atoms with Crippen molar-refractivity contribution >= 4 is 28.8 Å². The average Bonchev–Trinajstić information content (AvgIpc) is 3.17. The molecule has 0 amide bonds. The highest BCUT2D eigenvalue weighted by atomic mass is 32.1. The Balaban J connectivity index is 2.04. The quantitative estimate of drug-likeness (QED) is 0.602. The van der Waals surface area contributed by atoms with Crippen LogP contribution in [0, 0.1) is 6.92 Å². The smallest absolute Gasteiger partial charge is 0.335 e. The number of carboxylic acid groups (broad SMARTS) is 1. The van der Waals surface area contributed by atoms with E-state index in [1.54, 1.807) is 13.2 Å². The average molecular weight is 399 g/mol. The molecule has 28 heavy (non-hydrogen) atoms. The van der Waals surface area contributed by atoms with Crippen LogP contribution in [-0.4, -0.2) is 35.3 Å². The fourth-order valence-corrected chi connectivity index (χ4v) is 3.59. The molecule has 0 radical (unpaired) electrons. The van der Waals surface area contributed by atoms with Crippen molar-refractivity contribution in [2.45, 2.75) is 20.3 Å². The molecule has 0 saturated heterocycles. The second kappa shape index (κ2) is 8.26. The van der Waals surface area contributed by atoms with Gasteiger partial charge in [0, 0.05) is 11.3 Å². The maximum absolute atomic E-state index is 11.2. The fraction of sp³-hybridized carbons (Fsp3) is 0.250. The number of carboxylic acids is 1. The molecule has 146 valence electrons. The van der Waals surface area contributed by atoms with Crippen LogP contribution in [0.15, 0.2) is 30.3 Å². The first-order valence-electron chi connectivity index (χ1n) is 8.66.